The predicted molar refractivity (Wildman–Crippen MR) is 121 cm³/mol. The Bertz CT molecular complexity index is 1040. The maximum atomic E-state index is 13.6. The first kappa shape index (κ1) is 21.2. The van der Waals surface area contributed by atoms with Crippen molar-refractivity contribution in [3.05, 3.63) is 54.0 Å². The van der Waals surface area contributed by atoms with Gasteiger partial charge in [-0.2, -0.15) is 5.10 Å². The van der Waals surface area contributed by atoms with E-state index in [9.17, 15) is 4.79 Å². The maximum absolute atomic E-state index is 13.6. The summed E-state index contributed by atoms with van der Waals surface area (Å²) < 4.78 is 14.0. The number of rotatable bonds is 4. The molecule has 1 aromatic carbocycles. The van der Waals surface area contributed by atoms with Gasteiger partial charge in [-0.3, -0.25) is 14.4 Å². The summed E-state index contributed by atoms with van der Waals surface area (Å²) in [7, 11) is 4.07. The van der Waals surface area contributed by atoms with Crippen molar-refractivity contribution in [1.82, 2.24) is 24.5 Å². The number of hydrogen-bond donors (Lipinski definition) is 0. The van der Waals surface area contributed by atoms with Crippen LogP contribution in [0.4, 0.5) is 0 Å². The molecule has 0 saturated carbocycles. The molecule has 2 aliphatic heterocycles. The minimum Gasteiger partial charge on any atom is -0.451 e. The van der Waals surface area contributed by atoms with Gasteiger partial charge < -0.3 is 19.0 Å². The minimum absolute atomic E-state index is 0.0982. The van der Waals surface area contributed by atoms with E-state index in [0.29, 0.717) is 18.9 Å². The summed E-state index contributed by atoms with van der Waals surface area (Å²) in [4.78, 5) is 20.4. The molecule has 0 bridgehead atoms. The summed E-state index contributed by atoms with van der Waals surface area (Å²) in [6.45, 7) is 6.04. The number of furan rings is 1. The van der Waals surface area contributed by atoms with E-state index in [0.717, 1.165) is 55.7 Å². The molecule has 0 unspecified atom stereocenters. The highest BCUT2D eigenvalue weighted by Gasteiger charge is 2.39. The van der Waals surface area contributed by atoms with Crippen LogP contribution in [0.25, 0.3) is 11.0 Å². The van der Waals surface area contributed by atoms with E-state index < -0.39 is 0 Å². The van der Waals surface area contributed by atoms with Crippen LogP contribution in [0.3, 0.4) is 0 Å². The number of nitrogens with zero attached hydrogens (tertiary/aromatic N) is 5. The van der Waals surface area contributed by atoms with Crippen LogP contribution in [0.2, 0.25) is 0 Å². The Hall–Kier alpha value is -2.68. The van der Waals surface area contributed by atoms with Crippen LogP contribution in [0, 0.1) is 0 Å². The Morgan fingerprint density at radius 2 is 2.00 bits per heavy atom. The summed E-state index contributed by atoms with van der Waals surface area (Å²) in [5.41, 5.74) is 1.72. The van der Waals surface area contributed by atoms with E-state index in [1.54, 1.807) is 4.68 Å². The zero-order valence-electron chi connectivity index (χ0n) is 18.8. The average molecular weight is 438 g/mol. The molecule has 2 saturated heterocycles. The first-order valence-corrected chi connectivity index (χ1v) is 11.4. The highest BCUT2D eigenvalue weighted by atomic mass is 16.5. The molecule has 170 valence electrons. The molecule has 3 aromatic rings. The number of fused-ring (bicyclic) bond motifs is 1. The molecule has 2 aliphatic rings. The molecular weight excluding hydrogens is 406 g/mol. The number of aryl methyl sites for hydroxylation is 1. The fourth-order valence-electron chi connectivity index (χ4n) is 4.87. The number of para-hydroxylation sites is 1. The number of carbonyl (C=O) groups is 1. The smallest absolute Gasteiger partial charge is 0.290 e. The van der Waals surface area contributed by atoms with Gasteiger partial charge in [0.05, 0.1) is 24.9 Å². The van der Waals surface area contributed by atoms with Crippen molar-refractivity contribution in [3.8, 4) is 0 Å². The molecule has 0 spiro atoms. The number of ether oxygens (including phenoxy) is 1. The third-order valence-electron chi connectivity index (χ3n) is 6.57. The number of likely N-dealkylation sites (N-methyl/N-ethyl adjacent to an activating group) is 1. The summed E-state index contributed by atoms with van der Waals surface area (Å²) in [5.74, 6) is 0.274. The Labute approximate surface area is 188 Å². The van der Waals surface area contributed by atoms with Crippen LogP contribution in [0.15, 0.2) is 47.1 Å². The fraction of sp³-hybridized carbons (Fsp3) is 0.500. The lowest BCUT2D eigenvalue weighted by Crippen LogP contribution is -2.52. The quantitative estimate of drug-likeness (QED) is 0.624. The fourth-order valence-corrected chi connectivity index (χ4v) is 4.87. The number of amides is 1. The lowest BCUT2D eigenvalue weighted by atomic mass is 9.99. The van der Waals surface area contributed by atoms with Crippen LogP contribution >= 0.6 is 0 Å². The van der Waals surface area contributed by atoms with Gasteiger partial charge in [-0.25, -0.2) is 0 Å². The van der Waals surface area contributed by atoms with Crippen LogP contribution in [-0.2, 0) is 11.8 Å². The van der Waals surface area contributed by atoms with Gasteiger partial charge in [-0.05, 0) is 38.7 Å². The number of benzene rings is 1. The van der Waals surface area contributed by atoms with Crippen molar-refractivity contribution >= 4 is 16.9 Å². The topological polar surface area (TPSA) is 67.0 Å². The van der Waals surface area contributed by atoms with Gasteiger partial charge >= 0.3 is 0 Å². The van der Waals surface area contributed by atoms with Gasteiger partial charge in [0.15, 0.2) is 5.76 Å². The minimum atomic E-state index is -0.209. The van der Waals surface area contributed by atoms with E-state index >= 15 is 0 Å². The summed E-state index contributed by atoms with van der Waals surface area (Å²) in [6.07, 6.45) is 4.86. The van der Waals surface area contributed by atoms with Crippen LogP contribution in [-0.4, -0.2) is 89.4 Å². The average Bonchev–Trinajstić information content (AvgIpc) is 3.37. The zero-order chi connectivity index (χ0) is 22.1. The summed E-state index contributed by atoms with van der Waals surface area (Å²) in [5, 5.41) is 5.32. The first-order chi connectivity index (χ1) is 15.6. The molecule has 2 fully saturated rings. The van der Waals surface area contributed by atoms with E-state index in [-0.39, 0.29) is 18.1 Å². The molecule has 8 heteroatoms. The van der Waals surface area contributed by atoms with Crippen LogP contribution in [0.1, 0.15) is 28.6 Å². The third-order valence-corrected chi connectivity index (χ3v) is 6.57. The van der Waals surface area contributed by atoms with Crippen molar-refractivity contribution < 1.29 is 13.9 Å². The molecule has 0 N–H and O–H groups in total. The number of aromatic nitrogens is 2. The Kier molecular flexibility index (Phi) is 5.99. The van der Waals surface area contributed by atoms with Gasteiger partial charge in [0, 0.05) is 50.4 Å². The maximum Gasteiger partial charge on any atom is 0.290 e. The number of morpholine rings is 1. The molecule has 0 radical (unpaired) electrons. The summed E-state index contributed by atoms with van der Waals surface area (Å²) in [6, 6.07) is 9.36. The van der Waals surface area contributed by atoms with Crippen molar-refractivity contribution in [2.45, 2.75) is 18.6 Å². The lowest BCUT2D eigenvalue weighted by molar-refractivity contribution is -0.0729. The molecule has 4 heterocycles. The second-order valence-corrected chi connectivity index (χ2v) is 8.91. The second kappa shape index (κ2) is 9.05. The van der Waals surface area contributed by atoms with Crippen LogP contribution < -0.4 is 0 Å². The third kappa shape index (κ3) is 4.30. The molecular formula is C24H31N5O3. The SMILES string of the molecule is CN1CCCN(C[C@@H]2OCCN(C(=O)c3cc4ccccc4o3)[C@H]2c2cnn(C)c2)CC1. The van der Waals surface area contributed by atoms with E-state index in [2.05, 4.69) is 21.9 Å². The van der Waals surface area contributed by atoms with E-state index in [1.807, 2.05) is 54.7 Å². The Balaban J connectivity index is 1.43. The van der Waals surface area contributed by atoms with Crippen molar-refractivity contribution in [1.29, 1.82) is 0 Å². The van der Waals surface area contributed by atoms with Gasteiger partial charge in [0.25, 0.3) is 5.91 Å². The van der Waals surface area contributed by atoms with Gasteiger partial charge in [-0.1, -0.05) is 18.2 Å². The second-order valence-electron chi connectivity index (χ2n) is 8.91. The molecule has 32 heavy (non-hydrogen) atoms. The van der Waals surface area contributed by atoms with Crippen molar-refractivity contribution in [2.75, 3.05) is 52.9 Å². The largest absolute Gasteiger partial charge is 0.451 e. The zero-order valence-corrected chi connectivity index (χ0v) is 18.8. The normalized spacial score (nSPS) is 23.5. The monoisotopic (exact) mass is 437 g/mol. The van der Waals surface area contributed by atoms with Crippen LogP contribution in [0.5, 0.6) is 0 Å². The Morgan fingerprint density at radius 1 is 1.12 bits per heavy atom. The van der Waals surface area contributed by atoms with E-state index in [1.165, 1.54) is 0 Å². The van der Waals surface area contributed by atoms with Gasteiger partial charge in [0.2, 0.25) is 0 Å². The number of hydrogen-bond acceptors (Lipinski definition) is 6. The molecule has 5 rings (SSSR count). The van der Waals surface area contributed by atoms with Crippen molar-refractivity contribution in [2.24, 2.45) is 7.05 Å². The van der Waals surface area contributed by atoms with Gasteiger partial charge in [-0.15, -0.1) is 0 Å². The van der Waals surface area contributed by atoms with Crippen molar-refractivity contribution in [3.63, 3.8) is 0 Å². The molecule has 2 atom stereocenters. The molecule has 1 amide bonds. The first-order valence-electron chi connectivity index (χ1n) is 11.4. The summed E-state index contributed by atoms with van der Waals surface area (Å²) >= 11 is 0. The standard InChI is InChI=1S/C24H31N5O3/c1-26-8-5-9-28(11-10-26)17-22-23(19-15-25-27(2)16-19)29(12-13-31-22)24(30)21-14-18-6-3-4-7-20(18)32-21/h3-4,6-7,14-16,22-23H,5,8-13,17H2,1-2H3/t22-,23-/m0/s1. The predicted octanol–water partition coefficient (Wildman–Crippen LogP) is 2.39. The lowest BCUT2D eigenvalue weighted by Gasteiger charge is -2.42. The van der Waals surface area contributed by atoms with Gasteiger partial charge in [0.1, 0.15) is 5.58 Å². The number of carbonyl (C=O) groups excluding carboxylic acids is 1. The van der Waals surface area contributed by atoms with E-state index in [4.69, 9.17) is 9.15 Å². The Morgan fingerprint density at radius 3 is 2.81 bits per heavy atom. The highest BCUT2D eigenvalue weighted by molar-refractivity contribution is 5.96. The molecule has 8 nitrogen and oxygen atoms in total. The molecule has 0 aliphatic carbocycles. The highest BCUT2D eigenvalue weighted by Crippen LogP contribution is 2.32. The molecule has 2 aromatic heterocycles.